The number of pyridine rings is 1. The van der Waals surface area contributed by atoms with Gasteiger partial charge in [-0.05, 0) is 44.2 Å². The number of aromatic nitrogens is 1. The van der Waals surface area contributed by atoms with Crippen LogP contribution in [0.1, 0.15) is 25.3 Å². The fourth-order valence-electron chi connectivity index (χ4n) is 4.43. The Kier molecular flexibility index (Phi) is 11.6. The first kappa shape index (κ1) is 29.6. The number of amides is 1. The van der Waals surface area contributed by atoms with Gasteiger partial charge >= 0.3 is 0 Å². The molecule has 1 unspecified atom stereocenters. The van der Waals surface area contributed by atoms with Gasteiger partial charge in [-0.15, -0.1) is 0 Å². The van der Waals surface area contributed by atoms with Gasteiger partial charge in [-0.3, -0.25) is 9.69 Å². The summed E-state index contributed by atoms with van der Waals surface area (Å²) >= 11 is 1.75. The molecule has 1 saturated heterocycles. The Balaban J connectivity index is 1.92. The first-order valence-corrected chi connectivity index (χ1v) is 14.2. The molecule has 206 valence electrons. The molecule has 0 aromatic carbocycles. The quantitative estimate of drug-likeness (QED) is 0.322. The van der Waals surface area contributed by atoms with E-state index in [-0.39, 0.29) is 11.9 Å². The molecule has 0 spiro atoms. The lowest BCUT2D eigenvalue weighted by molar-refractivity contribution is -0.134. The Morgan fingerprint density at radius 2 is 2.16 bits per heavy atom. The van der Waals surface area contributed by atoms with Gasteiger partial charge in [-0.25, -0.2) is 9.98 Å². The van der Waals surface area contributed by atoms with Crippen molar-refractivity contribution in [1.29, 1.82) is 5.26 Å². The average molecular weight is 542 g/mol. The molecule has 11 heteroatoms. The molecule has 3 rings (SSSR count). The third-order valence-corrected chi connectivity index (χ3v) is 7.22. The van der Waals surface area contributed by atoms with E-state index in [0.29, 0.717) is 31.0 Å². The lowest BCUT2D eigenvalue weighted by atomic mass is 10.0. The highest BCUT2D eigenvalue weighted by Gasteiger charge is 2.25. The van der Waals surface area contributed by atoms with Gasteiger partial charge in [0.2, 0.25) is 5.91 Å². The van der Waals surface area contributed by atoms with Crippen molar-refractivity contribution >= 4 is 35.4 Å². The van der Waals surface area contributed by atoms with Crippen LogP contribution in [0.4, 0.5) is 11.5 Å². The zero-order chi connectivity index (χ0) is 27.5. The van der Waals surface area contributed by atoms with Gasteiger partial charge in [0.1, 0.15) is 6.07 Å². The Hall–Kier alpha value is -2.91. The molecular formula is C27H39N7O3S. The Bertz CT molecular complexity index is 1090. The standard InChI is InChI=1S/C27H39N7O3S/c1-19(18-38-5)32-23-12-24(31-15-22(23)13-28)30-14-20-7-6-8-29-26(27(36-3)37-4)21(11-20)16-34-10-9-33(2)17-25(34)35/h11-12,14-15,19,27,29H,6-10,16-18H2,1-5H3,(H,31,32). The molecule has 0 aliphatic carbocycles. The van der Waals surface area contributed by atoms with Gasteiger partial charge in [0, 0.05) is 70.7 Å². The van der Waals surface area contributed by atoms with Gasteiger partial charge in [0.15, 0.2) is 12.1 Å². The number of piperazine rings is 1. The topological polar surface area (TPSA) is 115 Å². The number of hydrogen-bond acceptors (Lipinski definition) is 10. The normalized spacial score (nSPS) is 18.2. The fraction of sp³-hybridized carbons (Fsp3) is 0.556. The van der Waals surface area contributed by atoms with Crippen molar-refractivity contribution in [2.45, 2.75) is 32.1 Å². The summed E-state index contributed by atoms with van der Waals surface area (Å²) in [6.07, 6.45) is 8.64. The second-order valence-corrected chi connectivity index (χ2v) is 10.4. The highest BCUT2D eigenvalue weighted by atomic mass is 32.2. The van der Waals surface area contributed by atoms with E-state index in [2.05, 4.69) is 45.9 Å². The smallest absolute Gasteiger partial charge is 0.237 e. The molecule has 3 heterocycles. The van der Waals surface area contributed by atoms with Crippen molar-refractivity contribution in [3.05, 3.63) is 40.7 Å². The maximum atomic E-state index is 12.7. The number of rotatable bonds is 11. The lowest BCUT2D eigenvalue weighted by Crippen LogP contribution is -2.49. The number of nitriles is 1. The largest absolute Gasteiger partial charge is 0.384 e. The van der Waals surface area contributed by atoms with Crippen LogP contribution in [0.5, 0.6) is 0 Å². The van der Waals surface area contributed by atoms with Crippen molar-refractivity contribution in [2.75, 3.05) is 71.3 Å². The first-order valence-electron chi connectivity index (χ1n) is 12.8. The maximum absolute atomic E-state index is 12.7. The Morgan fingerprint density at radius 1 is 1.37 bits per heavy atom. The van der Waals surface area contributed by atoms with Crippen LogP contribution >= 0.6 is 11.8 Å². The van der Waals surface area contributed by atoms with E-state index < -0.39 is 6.29 Å². The van der Waals surface area contributed by atoms with Crippen LogP contribution in [-0.4, -0.2) is 105 Å². The summed E-state index contributed by atoms with van der Waals surface area (Å²) in [6, 6.07) is 4.22. The van der Waals surface area contributed by atoms with Crippen molar-refractivity contribution in [3.63, 3.8) is 0 Å². The Labute approximate surface area is 230 Å². The summed E-state index contributed by atoms with van der Waals surface area (Å²) in [4.78, 5) is 25.7. The van der Waals surface area contributed by atoms with Gasteiger partial charge < -0.3 is 25.0 Å². The van der Waals surface area contributed by atoms with Gasteiger partial charge in [0.25, 0.3) is 0 Å². The van der Waals surface area contributed by atoms with Crippen LogP contribution in [0, 0.1) is 11.3 Å². The van der Waals surface area contributed by atoms with Crippen LogP contribution in [0.25, 0.3) is 0 Å². The first-order chi connectivity index (χ1) is 18.4. The number of hydrogen-bond donors (Lipinski definition) is 2. The van der Waals surface area contributed by atoms with Crippen molar-refractivity contribution in [3.8, 4) is 6.07 Å². The number of nitrogens with zero attached hydrogens (tertiary/aromatic N) is 5. The predicted molar refractivity (Wildman–Crippen MR) is 153 cm³/mol. The van der Waals surface area contributed by atoms with E-state index in [1.54, 1.807) is 32.2 Å². The molecule has 2 aliphatic rings. The number of allylic oxidation sites excluding steroid dienone is 1. The van der Waals surface area contributed by atoms with Gasteiger partial charge in [-0.2, -0.15) is 17.0 Å². The number of anilines is 1. The molecule has 2 N–H and O–H groups in total. The van der Waals surface area contributed by atoms with Crippen LogP contribution in [0.2, 0.25) is 0 Å². The van der Waals surface area contributed by atoms with E-state index in [4.69, 9.17) is 9.47 Å². The molecule has 0 radical (unpaired) electrons. The molecule has 1 aromatic rings. The average Bonchev–Trinajstić information content (AvgIpc) is 2.88. The van der Waals surface area contributed by atoms with Gasteiger partial charge in [-0.1, -0.05) is 6.08 Å². The molecule has 0 bridgehead atoms. The molecule has 0 saturated carbocycles. The number of methoxy groups -OCH3 is 2. The molecule has 1 amide bonds. The minimum absolute atomic E-state index is 0.0974. The Morgan fingerprint density at radius 3 is 2.84 bits per heavy atom. The van der Waals surface area contributed by atoms with E-state index in [1.807, 2.05) is 29.1 Å². The maximum Gasteiger partial charge on any atom is 0.237 e. The summed E-state index contributed by atoms with van der Waals surface area (Å²) in [6.45, 7) is 5.16. The molecule has 38 heavy (non-hydrogen) atoms. The second kappa shape index (κ2) is 14.9. The number of carbonyl (C=O) groups is 1. The number of likely N-dealkylation sites (N-methyl/N-ethyl adjacent to an activating group) is 1. The minimum atomic E-state index is -0.572. The van der Waals surface area contributed by atoms with E-state index >= 15 is 0 Å². The third-order valence-electron chi connectivity index (χ3n) is 6.39. The van der Waals surface area contributed by atoms with Crippen LogP contribution in [-0.2, 0) is 14.3 Å². The fourth-order valence-corrected chi connectivity index (χ4v) is 5.01. The predicted octanol–water partition coefficient (Wildman–Crippen LogP) is 2.78. The van der Waals surface area contributed by atoms with Crippen LogP contribution in [0.3, 0.4) is 0 Å². The van der Waals surface area contributed by atoms with E-state index in [9.17, 15) is 10.1 Å². The molecular weight excluding hydrogens is 502 g/mol. The number of nitrogens with one attached hydrogen (secondary N) is 2. The number of thioether (sulfide) groups is 1. The van der Waals surface area contributed by atoms with Crippen molar-refractivity contribution in [1.82, 2.24) is 20.1 Å². The van der Waals surface area contributed by atoms with Crippen LogP contribution < -0.4 is 10.6 Å². The lowest BCUT2D eigenvalue weighted by Gasteiger charge is -2.34. The second-order valence-electron chi connectivity index (χ2n) is 9.50. The molecule has 10 nitrogen and oxygen atoms in total. The zero-order valence-corrected chi connectivity index (χ0v) is 23.8. The summed E-state index contributed by atoms with van der Waals surface area (Å²) in [5.41, 5.74) is 3.98. The summed E-state index contributed by atoms with van der Waals surface area (Å²) < 4.78 is 11.2. The van der Waals surface area contributed by atoms with E-state index in [0.717, 1.165) is 54.2 Å². The highest BCUT2D eigenvalue weighted by molar-refractivity contribution is 7.98. The zero-order valence-electron chi connectivity index (χ0n) is 23.0. The molecule has 1 aromatic heterocycles. The highest BCUT2D eigenvalue weighted by Crippen LogP contribution is 2.23. The van der Waals surface area contributed by atoms with E-state index in [1.165, 1.54) is 0 Å². The molecule has 1 atom stereocenters. The van der Waals surface area contributed by atoms with Crippen molar-refractivity contribution < 1.29 is 14.3 Å². The third kappa shape index (κ3) is 8.30. The summed E-state index contributed by atoms with van der Waals surface area (Å²) in [7, 11) is 5.17. The number of aliphatic imine (C=N–C) groups is 1. The SMILES string of the molecule is COC(OC)C1=C(CN2CCN(C)CC2=O)C=C(C=Nc2cc(NC(C)CSC)c(C#N)cn2)CCCN1. The summed E-state index contributed by atoms with van der Waals surface area (Å²) in [5, 5.41) is 16.4. The molecule has 1 fully saturated rings. The summed E-state index contributed by atoms with van der Waals surface area (Å²) in [5.74, 6) is 1.54. The molecule has 2 aliphatic heterocycles. The monoisotopic (exact) mass is 541 g/mol. The van der Waals surface area contributed by atoms with Gasteiger partial charge in [0.05, 0.1) is 23.5 Å². The minimum Gasteiger partial charge on any atom is -0.384 e. The number of carbonyl (C=O) groups excluding carboxylic acids is 1. The van der Waals surface area contributed by atoms with Crippen LogP contribution in [0.15, 0.2) is 40.2 Å². The van der Waals surface area contributed by atoms with Crippen molar-refractivity contribution in [2.24, 2.45) is 4.99 Å². The number of ether oxygens (including phenoxy) is 2.